The van der Waals surface area contributed by atoms with Crippen molar-refractivity contribution in [2.24, 2.45) is 0 Å². The standard InChI is InChI=1S/C28H29N5O5.H2/c1-6-13-32(7-2)27(36)17(3)30-26(35)18(4)33-16-29-25-20(9-8-10-21(25)28(33)37)19-11-12-22-23(14-19)38-15-24(34)31(22)5;/h8-12,14,16H,3-4,6-7,13,15H2,1-2,5H3,(H,30,35);1H. The van der Waals surface area contributed by atoms with Gasteiger partial charge in [0.1, 0.15) is 17.8 Å². The first-order chi connectivity index (χ1) is 18.2. The molecule has 0 aliphatic carbocycles. The highest BCUT2D eigenvalue weighted by atomic mass is 16.5. The second-order valence-electron chi connectivity index (χ2n) is 8.81. The Balaban J connectivity index is 0.00000420. The third-order valence-corrected chi connectivity index (χ3v) is 6.38. The Bertz CT molecular complexity index is 1550. The lowest BCUT2D eigenvalue weighted by atomic mass is 10.0. The van der Waals surface area contributed by atoms with Crippen LogP contribution in [0.2, 0.25) is 0 Å². The number of nitrogens with zero attached hydrogens (tertiary/aromatic N) is 4. The van der Waals surface area contributed by atoms with Crippen molar-refractivity contribution in [2.45, 2.75) is 20.3 Å². The van der Waals surface area contributed by atoms with Crippen LogP contribution >= 0.6 is 0 Å². The fourth-order valence-corrected chi connectivity index (χ4v) is 4.26. The molecule has 198 valence electrons. The molecule has 0 spiro atoms. The Hall–Kier alpha value is -4.73. The number of carbonyl (C=O) groups excluding carboxylic acids is 3. The number of ether oxygens (including phenoxy) is 1. The van der Waals surface area contributed by atoms with E-state index < -0.39 is 17.4 Å². The van der Waals surface area contributed by atoms with E-state index in [4.69, 9.17) is 4.74 Å². The molecule has 1 aliphatic heterocycles. The third kappa shape index (κ3) is 4.80. The van der Waals surface area contributed by atoms with Crippen LogP contribution in [0, 0.1) is 0 Å². The number of hydrogen-bond donors (Lipinski definition) is 1. The molecule has 0 unspecified atom stereocenters. The van der Waals surface area contributed by atoms with Crippen LogP contribution in [0.25, 0.3) is 27.7 Å². The van der Waals surface area contributed by atoms with E-state index in [1.165, 1.54) is 11.2 Å². The number of anilines is 1. The second-order valence-corrected chi connectivity index (χ2v) is 8.81. The van der Waals surface area contributed by atoms with E-state index >= 15 is 0 Å². The number of benzene rings is 2. The summed E-state index contributed by atoms with van der Waals surface area (Å²) in [7, 11) is 1.69. The summed E-state index contributed by atoms with van der Waals surface area (Å²) in [6.45, 7) is 12.2. The number of aromatic nitrogens is 2. The predicted molar refractivity (Wildman–Crippen MR) is 148 cm³/mol. The number of nitrogens with one attached hydrogen (secondary N) is 1. The summed E-state index contributed by atoms with van der Waals surface area (Å²) in [5.74, 6) is -0.719. The summed E-state index contributed by atoms with van der Waals surface area (Å²) < 4.78 is 6.64. The van der Waals surface area contributed by atoms with Crippen LogP contribution < -0.4 is 20.5 Å². The van der Waals surface area contributed by atoms with Crippen molar-refractivity contribution in [3.8, 4) is 16.9 Å². The van der Waals surface area contributed by atoms with Gasteiger partial charge in [-0.2, -0.15) is 0 Å². The molecule has 0 bridgehead atoms. The molecular weight excluding hydrogens is 486 g/mol. The molecule has 3 amide bonds. The maximum absolute atomic E-state index is 13.3. The summed E-state index contributed by atoms with van der Waals surface area (Å²) in [5, 5.41) is 2.72. The van der Waals surface area contributed by atoms with E-state index in [1.807, 2.05) is 26.0 Å². The van der Waals surface area contributed by atoms with Crippen LogP contribution in [0.1, 0.15) is 21.7 Å². The van der Waals surface area contributed by atoms with Gasteiger partial charge in [-0.15, -0.1) is 0 Å². The van der Waals surface area contributed by atoms with E-state index in [2.05, 4.69) is 23.5 Å². The molecule has 0 fully saturated rings. The molecule has 3 aromatic rings. The average Bonchev–Trinajstić information content (AvgIpc) is 2.92. The number of rotatable bonds is 8. The van der Waals surface area contributed by atoms with E-state index in [0.717, 1.165) is 16.6 Å². The Morgan fingerprint density at radius 2 is 1.95 bits per heavy atom. The normalized spacial score (nSPS) is 12.5. The highest BCUT2D eigenvalue weighted by molar-refractivity contribution is 6.15. The van der Waals surface area contributed by atoms with Gasteiger partial charge in [-0.05, 0) is 37.1 Å². The largest absolute Gasteiger partial charge is 0.482 e. The topological polar surface area (TPSA) is 114 Å². The number of fused-ring (bicyclic) bond motifs is 2. The van der Waals surface area contributed by atoms with Crippen molar-refractivity contribution in [2.75, 3.05) is 31.6 Å². The Morgan fingerprint density at radius 3 is 2.66 bits per heavy atom. The first-order valence-electron chi connectivity index (χ1n) is 12.2. The van der Waals surface area contributed by atoms with Gasteiger partial charge in [0.05, 0.1) is 22.3 Å². The van der Waals surface area contributed by atoms with E-state index in [0.29, 0.717) is 35.6 Å². The smallest absolute Gasteiger partial charge is 0.272 e. The van der Waals surface area contributed by atoms with Crippen LogP contribution in [0.5, 0.6) is 5.75 Å². The third-order valence-electron chi connectivity index (χ3n) is 6.38. The lowest BCUT2D eigenvalue weighted by Crippen LogP contribution is -2.39. The fraction of sp³-hybridized carbons (Fsp3) is 0.250. The van der Waals surface area contributed by atoms with Gasteiger partial charge in [-0.1, -0.05) is 38.3 Å². The highest BCUT2D eigenvalue weighted by Gasteiger charge is 2.23. The summed E-state index contributed by atoms with van der Waals surface area (Å²) in [5.41, 5.74) is 1.73. The zero-order valence-corrected chi connectivity index (χ0v) is 21.6. The minimum absolute atomic E-state index is 0. The zero-order chi connectivity index (χ0) is 27.6. The Labute approximate surface area is 221 Å². The van der Waals surface area contributed by atoms with Crippen LogP contribution in [0.4, 0.5) is 5.69 Å². The molecule has 0 radical (unpaired) electrons. The first kappa shape index (κ1) is 26.3. The molecule has 1 aliphatic rings. The predicted octanol–water partition coefficient (Wildman–Crippen LogP) is 3.02. The molecule has 38 heavy (non-hydrogen) atoms. The maximum Gasteiger partial charge on any atom is 0.272 e. The van der Waals surface area contributed by atoms with Crippen molar-refractivity contribution in [1.82, 2.24) is 19.8 Å². The van der Waals surface area contributed by atoms with Gasteiger partial charge >= 0.3 is 0 Å². The van der Waals surface area contributed by atoms with Gasteiger partial charge in [0.25, 0.3) is 23.3 Å². The Morgan fingerprint density at radius 1 is 1.18 bits per heavy atom. The van der Waals surface area contributed by atoms with Gasteiger partial charge in [-0.25, -0.2) is 4.98 Å². The molecule has 10 heteroatoms. The molecule has 0 saturated carbocycles. The van der Waals surface area contributed by atoms with Gasteiger partial charge in [0.15, 0.2) is 6.61 Å². The summed E-state index contributed by atoms with van der Waals surface area (Å²) in [6.07, 6.45) is 2.00. The highest BCUT2D eigenvalue weighted by Crippen LogP contribution is 2.36. The number of para-hydroxylation sites is 1. The van der Waals surface area contributed by atoms with Crippen molar-refractivity contribution in [1.29, 1.82) is 0 Å². The summed E-state index contributed by atoms with van der Waals surface area (Å²) in [6, 6.07) is 10.6. The summed E-state index contributed by atoms with van der Waals surface area (Å²) >= 11 is 0. The van der Waals surface area contributed by atoms with Gasteiger partial charge < -0.3 is 19.9 Å². The number of hydrogen-bond acceptors (Lipinski definition) is 6. The van der Waals surface area contributed by atoms with E-state index in [-0.39, 0.29) is 30.7 Å². The quantitative estimate of drug-likeness (QED) is 0.460. The SMILES string of the molecule is C=C(NC(=O)C(=C)n1cnc2c(-c3ccc4c(c3)OCC(=O)N4C)cccc2c1=O)C(=O)N(CC)CCC.[HH]. The zero-order valence-electron chi connectivity index (χ0n) is 21.6. The van der Waals surface area contributed by atoms with Gasteiger partial charge in [0, 0.05) is 27.1 Å². The monoisotopic (exact) mass is 517 g/mol. The van der Waals surface area contributed by atoms with Crippen LogP contribution in [-0.2, 0) is 14.4 Å². The van der Waals surface area contributed by atoms with Crippen LogP contribution in [0.3, 0.4) is 0 Å². The van der Waals surface area contributed by atoms with Crippen molar-refractivity contribution in [3.05, 3.63) is 71.9 Å². The summed E-state index contributed by atoms with van der Waals surface area (Å²) in [4.78, 5) is 58.2. The molecular formula is C28H31N5O5. The number of carbonyl (C=O) groups is 3. The Kier molecular flexibility index (Phi) is 7.43. The van der Waals surface area contributed by atoms with Gasteiger partial charge in [0.2, 0.25) is 0 Å². The molecule has 2 heterocycles. The average molecular weight is 518 g/mol. The molecule has 0 saturated heterocycles. The lowest BCUT2D eigenvalue weighted by molar-refractivity contribution is -0.128. The minimum atomic E-state index is -0.735. The maximum atomic E-state index is 13.3. The van der Waals surface area contributed by atoms with E-state index in [1.54, 1.807) is 36.2 Å². The van der Waals surface area contributed by atoms with Crippen molar-refractivity contribution < 1.29 is 20.5 Å². The van der Waals surface area contributed by atoms with Crippen molar-refractivity contribution >= 4 is 40.0 Å². The fourth-order valence-electron chi connectivity index (χ4n) is 4.26. The van der Waals surface area contributed by atoms with Crippen molar-refractivity contribution in [3.63, 3.8) is 0 Å². The molecule has 10 nitrogen and oxygen atoms in total. The van der Waals surface area contributed by atoms with Crippen LogP contribution in [-0.4, -0.2) is 58.9 Å². The molecule has 1 aromatic heterocycles. The molecule has 0 atom stereocenters. The van der Waals surface area contributed by atoms with E-state index in [9.17, 15) is 19.2 Å². The number of likely N-dealkylation sites (N-methyl/N-ethyl adjacent to an activating group) is 2. The number of amides is 3. The first-order valence-corrected chi connectivity index (χ1v) is 12.2. The second kappa shape index (κ2) is 10.7. The molecule has 2 aromatic carbocycles. The van der Waals surface area contributed by atoms with Crippen LogP contribution in [0.15, 0.2) is 66.4 Å². The minimum Gasteiger partial charge on any atom is -0.482 e. The molecule has 4 rings (SSSR count). The lowest BCUT2D eigenvalue weighted by Gasteiger charge is -2.26. The molecule has 1 N–H and O–H groups in total. The van der Waals surface area contributed by atoms with Gasteiger partial charge in [-0.3, -0.25) is 23.7 Å².